The van der Waals surface area contributed by atoms with Crippen molar-refractivity contribution in [1.82, 2.24) is 15.1 Å². The SMILES string of the molecule is COC(=O)c1c(NC(=S)NCCCn2cc(C)cn2)sc2c1CCC(C)C2. The summed E-state index contributed by atoms with van der Waals surface area (Å²) in [4.78, 5) is 13.6. The first-order chi connectivity index (χ1) is 13.0. The predicted octanol–water partition coefficient (Wildman–Crippen LogP) is 3.54. The van der Waals surface area contributed by atoms with Gasteiger partial charge in [-0.3, -0.25) is 4.68 Å². The van der Waals surface area contributed by atoms with Crippen LogP contribution in [0.2, 0.25) is 0 Å². The Morgan fingerprint density at radius 2 is 2.33 bits per heavy atom. The van der Waals surface area contributed by atoms with Crippen molar-refractivity contribution in [1.29, 1.82) is 0 Å². The molecule has 2 heterocycles. The molecular weight excluding hydrogens is 380 g/mol. The van der Waals surface area contributed by atoms with Gasteiger partial charge in [0.05, 0.1) is 18.9 Å². The molecule has 2 N–H and O–H groups in total. The highest BCUT2D eigenvalue weighted by Gasteiger charge is 2.28. The Hall–Kier alpha value is -1.93. The fraction of sp³-hybridized carbons (Fsp3) is 0.526. The van der Waals surface area contributed by atoms with Gasteiger partial charge in [-0.2, -0.15) is 5.10 Å². The summed E-state index contributed by atoms with van der Waals surface area (Å²) in [5.41, 5.74) is 2.94. The number of hydrogen-bond acceptors (Lipinski definition) is 5. The lowest BCUT2D eigenvalue weighted by Crippen LogP contribution is -2.30. The maximum atomic E-state index is 12.3. The zero-order valence-corrected chi connectivity index (χ0v) is 17.6. The fourth-order valence-electron chi connectivity index (χ4n) is 3.34. The predicted molar refractivity (Wildman–Crippen MR) is 113 cm³/mol. The number of carbonyl (C=O) groups excluding carboxylic acids is 1. The zero-order valence-electron chi connectivity index (χ0n) is 16.0. The molecule has 0 radical (unpaired) electrons. The van der Waals surface area contributed by atoms with Crippen molar-refractivity contribution in [2.75, 3.05) is 19.0 Å². The second kappa shape index (κ2) is 8.84. The summed E-state index contributed by atoms with van der Waals surface area (Å²) < 4.78 is 6.94. The Kier molecular flexibility index (Phi) is 6.49. The zero-order chi connectivity index (χ0) is 19.4. The summed E-state index contributed by atoms with van der Waals surface area (Å²) in [6, 6.07) is 0. The monoisotopic (exact) mass is 406 g/mol. The molecule has 1 aliphatic rings. The Labute approximate surface area is 169 Å². The maximum Gasteiger partial charge on any atom is 0.341 e. The second-order valence-corrected chi connectivity index (χ2v) is 8.58. The number of carbonyl (C=O) groups is 1. The minimum atomic E-state index is -0.290. The molecule has 0 aliphatic heterocycles. The minimum absolute atomic E-state index is 0.290. The van der Waals surface area contributed by atoms with Gasteiger partial charge in [0.25, 0.3) is 0 Å². The number of ether oxygens (including phenoxy) is 1. The van der Waals surface area contributed by atoms with E-state index in [9.17, 15) is 4.79 Å². The number of thiophene rings is 1. The highest BCUT2D eigenvalue weighted by atomic mass is 32.1. The third-order valence-corrected chi connectivity index (χ3v) is 6.16. The molecule has 2 aromatic heterocycles. The van der Waals surface area contributed by atoms with Crippen LogP contribution in [0.3, 0.4) is 0 Å². The summed E-state index contributed by atoms with van der Waals surface area (Å²) in [6.45, 7) is 5.85. The van der Waals surface area contributed by atoms with Gasteiger partial charge in [-0.15, -0.1) is 11.3 Å². The lowest BCUT2D eigenvalue weighted by Gasteiger charge is -2.18. The molecule has 146 valence electrons. The first-order valence-electron chi connectivity index (χ1n) is 9.24. The maximum absolute atomic E-state index is 12.3. The Balaban J connectivity index is 1.59. The molecule has 3 rings (SSSR count). The number of anilines is 1. The van der Waals surface area contributed by atoms with E-state index in [0.717, 1.165) is 54.9 Å². The number of thiocarbonyl (C=S) groups is 1. The van der Waals surface area contributed by atoms with E-state index in [-0.39, 0.29) is 5.97 Å². The minimum Gasteiger partial charge on any atom is -0.465 e. The van der Waals surface area contributed by atoms with Crippen LogP contribution in [-0.2, 0) is 24.1 Å². The Morgan fingerprint density at radius 3 is 3.04 bits per heavy atom. The molecule has 0 aromatic carbocycles. The molecular formula is C19H26N4O2S2. The Bertz CT molecular complexity index is 828. The molecule has 1 aliphatic carbocycles. The van der Waals surface area contributed by atoms with Crippen LogP contribution < -0.4 is 10.6 Å². The summed E-state index contributed by atoms with van der Waals surface area (Å²) in [7, 11) is 1.43. The quantitative estimate of drug-likeness (QED) is 0.434. The molecule has 0 spiro atoms. The summed E-state index contributed by atoms with van der Waals surface area (Å²) in [5.74, 6) is 0.354. The van der Waals surface area contributed by atoms with Gasteiger partial charge >= 0.3 is 5.97 Å². The molecule has 1 atom stereocenters. The molecule has 0 amide bonds. The highest BCUT2D eigenvalue weighted by molar-refractivity contribution is 7.80. The van der Waals surface area contributed by atoms with E-state index in [1.807, 2.05) is 24.0 Å². The number of aromatic nitrogens is 2. The molecule has 0 saturated carbocycles. The van der Waals surface area contributed by atoms with Gasteiger partial charge in [0.2, 0.25) is 0 Å². The van der Waals surface area contributed by atoms with Crippen molar-refractivity contribution in [2.24, 2.45) is 5.92 Å². The number of hydrogen-bond donors (Lipinski definition) is 2. The first-order valence-corrected chi connectivity index (χ1v) is 10.5. The fourth-order valence-corrected chi connectivity index (χ4v) is 5.01. The number of nitrogens with one attached hydrogen (secondary N) is 2. The van der Waals surface area contributed by atoms with Crippen LogP contribution in [0.4, 0.5) is 5.00 Å². The van der Waals surface area contributed by atoms with Gasteiger partial charge in [-0.1, -0.05) is 6.92 Å². The summed E-state index contributed by atoms with van der Waals surface area (Å²) in [5, 5.41) is 12.0. The third-order valence-electron chi connectivity index (χ3n) is 4.74. The van der Waals surface area contributed by atoms with E-state index in [0.29, 0.717) is 16.6 Å². The standard InChI is InChI=1S/C19H26N4O2S2/c1-12-5-6-14-15(9-12)27-17(16(14)18(24)25-3)22-19(26)20-7-4-8-23-11-13(2)10-21-23/h10-12H,4-9H2,1-3H3,(H2,20,22,26). The summed E-state index contributed by atoms with van der Waals surface area (Å²) >= 11 is 7.05. The molecule has 2 aromatic rings. The van der Waals surface area contributed by atoms with E-state index >= 15 is 0 Å². The molecule has 0 saturated heterocycles. The number of esters is 1. The molecule has 1 unspecified atom stereocenters. The van der Waals surface area contributed by atoms with Crippen LogP contribution in [0.5, 0.6) is 0 Å². The van der Waals surface area contributed by atoms with Crippen LogP contribution in [0.25, 0.3) is 0 Å². The first kappa shape index (κ1) is 19.8. The largest absolute Gasteiger partial charge is 0.465 e. The van der Waals surface area contributed by atoms with E-state index in [1.165, 1.54) is 12.0 Å². The van der Waals surface area contributed by atoms with Gasteiger partial charge in [-0.25, -0.2) is 4.79 Å². The normalized spacial score (nSPS) is 15.9. The third kappa shape index (κ3) is 4.87. The lowest BCUT2D eigenvalue weighted by molar-refractivity contribution is 0.0601. The van der Waals surface area contributed by atoms with Crippen LogP contribution in [0.15, 0.2) is 12.4 Å². The van der Waals surface area contributed by atoms with E-state index in [4.69, 9.17) is 17.0 Å². The van der Waals surface area contributed by atoms with Gasteiger partial charge in [-0.05, 0) is 61.9 Å². The number of rotatable bonds is 6. The molecule has 8 heteroatoms. The van der Waals surface area contributed by atoms with Crippen molar-refractivity contribution >= 4 is 39.6 Å². The number of aryl methyl sites for hydroxylation is 2. The average molecular weight is 407 g/mol. The molecule has 0 fully saturated rings. The Morgan fingerprint density at radius 1 is 1.52 bits per heavy atom. The topological polar surface area (TPSA) is 68.2 Å². The lowest BCUT2D eigenvalue weighted by atomic mass is 9.88. The van der Waals surface area contributed by atoms with Crippen molar-refractivity contribution in [3.8, 4) is 0 Å². The van der Waals surface area contributed by atoms with Crippen LogP contribution in [0.1, 0.15) is 46.1 Å². The van der Waals surface area contributed by atoms with E-state index < -0.39 is 0 Å². The van der Waals surface area contributed by atoms with E-state index in [1.54, 1.807) is 11.3 Å². The van der Waals surface area contributed by atoms with Crippen LogP contribution in [-0.4, -0.2) is 34.5 Å². The molecule has 27 heavy (non-hydrogen) atoms. The van der Waals surface area contributed by atoms with Gasteiger partial charge in [0.1, 0.15) is 5.00 Å². The van der Waals surface area contributed by atoms with Crippen LogP contribution in [0, 0.1) is 12.8 Å². The number of methoxy groups -OCH3 is 1. The van der Waals surface area contributed by atoms with Crippen molar-refractivity contribution in [3.05, 3.63) is 34.0 Å². The average Bonchev–Trinajstić information content (AvgIpc) is 3.20. The van der Waals surface area contributed by atoms with Gasteiger partial charge in [0, 0.05) is 24.2 Å². The molecule has 6 nitrogen and oxygen atoms in total. The van der Waals surface area contributed by atoms with E-state index in [2.05, 4.69) is 22.7 Å². The van der Waals surface area contributed by atoms with Crippen molar-refractivity contribution in [2.45, 2.75) is 46.1 Å². The summed E-state index contributed by atoms with van der Waals surface area (Å²) in [6.07, 6.45) is 7.81. The number of fused-ring (bicyclic) bond motifs is 1. The number of nitrogens with zero attached hydrogens (tertiary/aromatic N) is 2. The highest BCUT2D eigenvalue weighted by Crippen LogP contribution is 2.39. The van der Waals surface area contributed by atoms with Gasteiger partial charge in [0.15, 0.2) is 5.11 Å². The second-order valence-electron chi connectivity index (χ2n) is 7.06. The van der Waals surface area contributed by atoms with Crippen molar-refractivity contribution in [3.63, 3.8) is 0 Å². The van der Waals surface area contributed by atoms with Crippen LogP contribution >= 0.6 is 23.6 Å². The molecule has 0 bridgehead atoms. The smallest absolute Gasteiger partial charge is 0.341 e. The van der Waals surface area contributed by atoms with Crippen molar-refractivity contribution < 1.29 is 9.53 Å². The van der Waals surface area contributed by atoms with Gasteiger partial charge < -0.3 is 15.4 Å².